The third-order valence-corrected chi connectivity index (χ3v) is 5.70. The molecule has 1 heterocycles. The Labute approximate surface area is 184 Å². The average Bonchev–Trinajstić information content (AvgIpc) is 3.32. The first-order chi connectivity index (χ1) is 15.4. The summed E-state index contributed by atoms with van der Waals surface area (Å²) in [5, 5.41) is 16.5. The van der Waals surface area contributed by atoms with Crippen molar-refractivity contribution in [3.63, 3.8) is 0 Å². The van der Waals surface area contributed by atoms with Gasteiger partial charge in [-0.25, -0.2) is 4.79 Å². The fourth-order valence-corrected chi connectivity index (χ4v) is 4.17. The molecule has 9 nitrogen and oxygen atoms in total. The molecule has 4 N–H and O–H groups in total. The quantitative estimate of drug-likeness (QED) is 0.517. The van der Waals surface area contributed by atoms with Crippen molar-refractivity contribution in [1.82, 2.24) is 16.0 Å². The molecule has 3 amide bonds. The molecule has 0 bridgehead atoms. The molecule has 1 aliphatic heterocycles. The zero-order valence-electron chi connectivity index (χ0n) is 17.2. The smallest absolute Gasteiger partial charge is 0.407 e. The molecule has 1 aliphatic carbocycles. The van der Waals surface area contributed by atoms with E-state index >= 15 is 0 Å². The fourth-order valence-electron chi connectivity index (χ4n) is 4.17. The summed E-state index contributed by atoms with van der Waals surface area (Å²) in [6.45, 7) is 0.458. The molecule has 1 fully saturated rings. The Morgan fingerprint density at radius 3 is 2.25 bits per heavy atom. The van der Waals surface area contributed by atoms with Crippen LogP contribution in [0.4, 0.5) is 4.79 Å². The molecule has 2 atom stereocenters. The predicted octanol–water partition coefficient (Wildman–Crippen LogP) is 1.37. The highest BCUT2D eigenvalue weighted by molar-refractivity contribution is 5.94. The summed E-state index contributed by atoms with van der Waals surface area (Å²) in [7, 11) is 0. The minimum atomic E-state index is -1.36. The SMILES string of the molecule is O=C(O)CC(NC(=O)OCC1c2ccccc2-c2ccccc21)C(=O)N[C@H]1CCNC1=O. The van der Waals surface area contributed by atoms with Gasteiger partial charge >= 0.3 is 12.1 Å². The first kappa shape index (κ1) is 21.4. The molecule has 0 spiro atoms. The van der Waals surface area contributed by atoms with E-state index in [0.717, 1.165) is 22.3 Å². The van der Waals surface area contributed by atoms with E-state index in [1.165, 1.54) is 0 Å². The number of benzene rings is 2. The van der Waals surface area contributed by atoms with Gasteiger partial charge in [-0.3, -0.25) is 14.4 Å². The lowest BCUT2D eigenvalue weighted by Crippen LogP contribution is -2.52. The Hall–Kier alpha value is -3.88. The number of hydrogen-bond donors (Lipinski definition) is 4. The third kappa shape index (κ3) is 4.41. The number of carboxylic acid groups (broad SMARTS) is 1. The van der Waals surface area contributed by atoms with Gasteiger partial charge in [0.25, 0.3) is 0 Å². The maximum Gasteiger partial charge on any atom is 0.407 e. The summed E-state index contributed by atoms with van der Waals surface area (Å²) in [5.41, 5.74) is 4.23. The molecule has 166 valence electrons. The van der Waals surface area contributed by atoms with Crippen LogP contribution < -0.4 is 16.0 Å². The molecular formula is C23H23N3O6. The van der Waals surface area contributed by atoms with Crippen LogP contribution >= 0.6 is 0 Å². The zero-order valence-corrected chi connectivity index (χ0v) is 17.2. The Balaban J connectivity index is 1.41. The molecule has 1 saturated heterocycles. The summed E-state index contributed by atoms with van der Waals surface area (Å²) < 4.78 is 5.39. The van der Waals surface area contributed by atoms with Gasteiger partial charge in [-0.1, -0.05) is 48.5 Å². The van der Waals surface area contributed by atoms with Crippen LogP contribution in [0.1, 0.15) is 29.9 Å². The standard InChI is InChI=1S/C23H23N3O6/c27-20(28)11-19(22(30)25-18-9-10-24-21(18)29)26-23(31)32-12-17-15-7-3-1-5-13(15)14-6-2-4-8-16(14)17/h1-8,17-19H,9-12H2,(H,24,29)(H,25,30)(H,26,31)(H,27,28)/t18-,19?/m0/s1. The van der Waals surface area contributed by atoms with Crippen LogP contribution in [-0.2, 0) is 19.1 Å². The number of amides is 3. The van der Waals surface area contributed by atoms with Crippen molar-refractivity contribution in [3.8, 4) is 11.1 Å². The van der Waals surface area contributed by atoms with E-state index in [-0.39, 0.29) is 18.4 Å². The van der Waals surface area contributed by atoms with Crippen LogP contribution in [0.25, 0.3) is 11.1 Å². The van der Waals surface area contributed by atoms with Gasteiger partial charge in [0.1, 0.15) is 18.7 Å². The van der Waals surface area contributed by atoms with Gasteiger partial charge in [-0.05, 0) is 28.7 Å². The Bertz CT molecular complexity index is 1020. The molecule has 0 aromatic heterocycles. The summed E-state index contributed by atoms with van der Waals surface area (Å²) in [6.07, 6.45) is -1.14. The van der Waals surface area contributed by atoms with Gasteiger partial charge in [0.05, 0.1) is 6.42 Å². The number of carboxylic acids is 1. The van der Waals surface area contributed by atoms with Crippen molar-refractivity contribution in [3.05, 3.63) is 59.7 Å². The van der Waals surface area contributed by atoms with Crippen LogP contribution in [0.2, 0.25) is 0 Å². The lowest BCUT2D eigenvalue weighted by atomic mass is 9.98. The van der Waals surface area contributed by atoms with Gasteiger partial charge < -0.3 is 25.8 Å². The Kier molecular flexibility index (Phi) is 6.07. The van der Waals surface area contributed by atoms with Gasteiger partial charge in [0.2, 0.25) is 11.8 Å². The monoisotopic (exact) mass is 437 g/mol. The normalized spacial score (nSPS) is 17.6. The van der Waals surface area contributed by atoms with Gasteiger partial charge in [-0.2, -0.15) is 0 Å². The van der Waals surface area contributed by atoms with Gasteiger partial charge in [0, 0.05) is 12.5 Å². The van der Waals surface area contributed by atoms with Crippen molar-refractivity contribution >= 4 is 23.9 Å². The number of fused-ring (bicyclic) bond motifs is 3. The van der Waals surface area contributed by atoms with Crippen molar-refractivity contribution in [1.29, 1.82) is 0 Å². The highest BCUT2D eigenvalue weighted by Gasteiger charge is 2.32. The van der Waals surface area contributed by atoms with Crippen molar-refractivity contribution in [2.75, 3.05) is 13.2 Å². The number of carbonyl (C=O) groups is 4. The van der Waals surface area contributed by atoms with Crippen molar-refractivity contribution in [2.24, 2.45) is 0 Å². The van der Waals surface area contributed by atoms with E-state index in [1.807, 2.05) is 48.5 Å². The summed E-state index contributed by atoms with van der Waals surface area (Å²) in [6, 6.07) is 13.6. The number of carbonyl (C=O) groups excluding carboxylic acids is 3. The molecule has 2 aliphatic rings. The van der Waals surface area contributed by atoms with E-state index < -0.39 is 36.5 Å². The Morgan fingerprint density at radius 1 is 1.06 bits per heavy atom. The van der Waals surface area contributed by atoms with Crippen molar-refractivity contribution < 1.29 is 29.0 Å². The second-order valence-corrected chi connectivity index (χ2v) is 7.76. The van der Waals surface area contributed by atoms with Gasteiger partial charge in [-0.15, -0.1) is 0 Å². The van der Waals surface area contributed by atoms with E-state index in [1.54, 1.807) is 0 Å². The van der Waals surface area contributed by atoms with Gasteiger partial charge in [0.15, 0.2) is 0 Å². The lowest BCUT2D eigenvalue weighted by Gasteiger charge is -2.20. The molecule has 0 radical (unpaired) electrons. The van der Waals surface area contributed by atoms with Crippen molar-refractivity contribution in [2.45, 2.75) is 30.8 Å². The molecule has 0 saturated carbocycles. The van der Waals surface area contributed by atoms with E-state index in [4.69, 9.17) is 9.84 Å². The maximum atomic E-state index is 12.5. The molecule has 32 heavy (non-hydrogen) atoms. The number of rotatable bonds is 7. The second kappa shape index (κ2) is 9.09. The van der Waals surface area contributed by atoms with Crippen LogP contribution in [0, 0.1) is 0 Å². The molecule has 2 aromatic rings. The minimum absolute atomic E-state index is 0.0340. The molecule has 9 heteroatoms. The fraction of sp³-hybridized carbons (Fsp3) is 0.304. The van der Waals surface area contributed by atoms with Crippen LogP contribution in [0.3, 0.4) is 0 Å². The number of hydrogen-bond acceptors (Lipinski definition) is 5. The number of ether oxygens (including phenoxy) is 1. The number of alkyl carbamates (subject to hydrolysis) is 1. The minimum Gasteiger partial charge on any atom is -0.481 e. The first-order valence-corrected chi connectivity index (χ1v) is 10.4. The third-order valence-electron chi connectivity index (χ3n) is 5.70. The largest absolute Gasteiger partial charge is 0.481 e. The first-order valence-electron chi connectivity index (χ1n) is 10.4. The Morgan fingerprint density at radius 2 is 1.69 bits per heavy atom. The molecular weight excluding hydrogens is 414 g/mol. The lowest BCUT2D eigenvalue weighted by molar-refractivity contribution is -0.140. The second-order valence-electron chi connectivity index (χ2n) is 7.76. The summed E-state index contributed by atoms with van der Waals surface area (Å²) >= 11 is 0. The predicted molar refractivity (Wildman–Crippen MR) is 114 cm³/mol. The van der Waals surface area contributed by atoms with Crippen LogP contribution in [-0.4, -0.2) is 54.2 Å². The number of nitrogens with one attached hydrogen (secondary N) is 3. The number of aliphatic carboxylic acids is 1. The van der Waals surface area contributed by atoms with E-state index in [9.17, 15) is 19.2 Å². The zero-order chi connectivity index (χ0) is 22.7. The maximum absolute atomic E-state index is 12.5. The highest BCUT2D eigenvalue weighted by Crippen LogP contribution is 2.44. The highest BCUT2D eigenvalue weighted by atomic mass is 16.5. The molecule has 1 unspecified atom stereocenters. The average molecular weight is 437 g/mol. The van der Waals surface area contributed by atoms with Crippen LogP contribution in [0.5, 0.6) is 0 Å². The topological polar surface area (TPSA) is 134 Å². The van der Waals surface area contributed by atoms with E-state index in [2.05, 4.69) is 16.0 Å². The van der Waals surface area contributed by atoms with E-state index in [0.29, 0.717) is 13.0 Å². The summed E-state index contributed by atoms with van der Waals surface area (Å²) in [5.74, 6) is -2.52. The molecule has 4 rings (SSSR count). The summed E-state index contributed by atoms with van der Waals surface area (Å²) in [4.78, 5) is 47.8. The molecule has 2 aromatic carbocycles. The van der Waals surface area contributed by atoms with Crippen LogP contribution in [0.15, 0.2) is 48.5 Å².